The van der Waals surface area contributed by atoms with Crippen molar-refractivity contribution >= 4 is 23.2 Å². The van der Waals surface area contributed by atoms with Crippen molar-refractivity contribution in [2.24, 2.45) is 0 Å². The maximum absolute atomic E-state index is 12.2. The SMILES string of the molecule is Cc1c(Cl)cccc1NC(=O)c1cc(-c2ccccc2)on1. The van der Waals surface area contributed by atoms with Crippen molar-refractivity contribution in [2.45, 2.75) is 6.92 Å². The van der Waals surface area contributed by atoms with Crippen molar-refractivity contribution in [1.29, 1.82) is 0 Å². The van der Waals surface area contributed by atoms with Gasteiger partial charge in [0, 0.05) is 22.3 Å². The maximum Gasteiger partial charge on any atom is 0.277 e. The van der Waals surface area contributed by atoms with Crippen LogP contribution >= 0.6 is 11.6 Å². The third-order valence-corrected chi connectivity index (χ3v) is 3.73. The molecule has 0 radical (unpaired) electrons. The highest BCUT2D eigenvalue weighted by Gasteiger charge is 2.15. The summed E-state index contributed by atoms with van der Waals surface area (Å²) in [4.78, 5) is 12.2. The zero-order chi connectivity index (χ0) is 15.5. The molecule has 0 fully saturated rings. The van der Waals surface area contributed by atoms with Gasteiger partial charge in [-0.05, 0) is 24.6 Å². The van der Waals surface area contributed by atoms with E-state index in [0.29, 0.717) is 16.5 Å². The Morgan fingerprint density at radius 1 is 1.14 bits per heavy atom. The third kappa shape index (κ3) is 2.87. The van der Waals surface area contributed by atoms with Crippen LogP contribution < -0.4 is 5.32 Å². The number of hydrogen-bond donors (Lipinski definition) is 1. The van der Waals surface area contributed by atoms with Gasteiger partial charge < -0.3 is 9.84 Å². The van der Waals surface area contributed by atoms with Crippen molar-refractivity contribution in [3.8, 4) is 11.3 Å². The van der Waals surface area contributed by atoms with Crippen LogP contribution in [0.4, 0.5) is 5.69 Å². The van der Waals surface area contributed by atoms with Crippen LogP contribution in [0.25, 0.3) is 11.3 Å². The first-order valence-electron chi connectivity index (χ1n) is 6.74. The van der Waals surface area contributed by atoms with E-state index in [9.17, 15) is 4.79 Å². The van der Waals surface area contributed by atoms with E-state index in [-0.39, 0.29) is 11.6 Å². The second-order valence-electron chi connectivity index (χ2n) is 4.81. The molecule has 0 saturated heterocycles. The van der Waals surface area contributed by atoms with Gasteiger partial charge in [0.05, 0.1) is 0 Å². The molecule has 3 rings (SSSR count). The summed E-state index contributed by atoms with van der Waals surface area (Å²) in [5, 5.41) is 7.21. The molecule has 1 aromatic heterocycles. The lowest BCUT2D eigenvalue weighted by atomic mass is 10.1. The van der Waals surface area contributed by atoms with Crippen molar-refractivity contribution in [3.05, 3.63) is 70.9 Å². The highest BCUT2D eigenvalue weighted by Crippen LogP contribution is 2.24. The molecule has 0 aliphatic carbocycles. The van der Waals surface area contributed by atoms with Gasteiger partial charge in [0.1, 0.15) is 0 Å². The van der Waals surface area contributed by atoms with Crippen LogP contribution in [0.5, 0.6) is 0 Å². The number of rotatable bonds is 3. The number of nitrogens with zero attached hydrogens (tertiary/aromatic N) is 1. The molecule has 1 heterocycles. The smallest absolute Gasteiger partial charge is 0.277 e. The Labute approximate surface area is 132 Å². The Hall–Kier alpha value is -2.59. The van der Waals surface area contributed by atoms with E-state index >= 15 is 0 Å². The van der Waals surface area contributed by atoms with Crippen LogP contribution in [0.2, 0.25) is 5.02 Å². The lowest BCUT2D eigenvalue weighted by molar-refractivity contribution is 0.101. The number of benzene rings is 2. The Bertz CT molecular complexity index is 813. The lowest BCUT2D eigenvalue weighted by Gasteiger charge is -2.07. The molecule has 0 saturated carbocycles. The number of carbonyl (C=O) groups is 1. The van der Waals surface area contributed by atoms with Gasteiger partial charge in [-0.1, -0.05) is 53.2 Å². The van der Waals surface area contributed by atoms with Crippen molar-refractivity contribution < 1.29 is 9.32 Å². The highest BCUT2D eigenvalue weighted by atomic mass is 35.5. The Kier molecular flexibility index (Phi) is 3.94. The van der Waals surface area contributed by atoms with Gasteiger partial charge in [-0.2, -0.15) is 0 Å². The fourth-order valence-electron chi connectivity index (χ4n) is 2.05. The molecule has 0 bridgehead atoms. The van der Waals surface area contributed by atoms with Gasteiger partial charge in [-0.25, -0.2) is 0 Å². The molecule has 2 aromatic carbocycles. The average molecular weight is 313 g/mol. The largest absolute Gasteiger partial charge is 0.355 e. The number of anilines is 1. The average Bonchev–Trinajstić information content (AvgIpc) is 3.03. The van der Waals surface area contributed by atoms with Gasteiger partial charge in [0.15, 0.2) is 11.5 Å². The number of amides is 1. The Balaban J connectivity index is 1.82. The van der Waals surface area contributed by atoms with Crippen molar-refractivity contribution in [3.63, 3.8) is 0 Å². The first kappa shape index (κ1) is 14.4. The van der Waals surface area contributed by atoms with E-state index in [0.717, 1.165) is 11.1 Å². The van der Waals surface area contributed by atoms with E-state index < -0.39 is 0 Å². The van der Waals surface area contributed by atoms with Crippen LogP contribution in [0.1, 0.15) is 16.1 Å². The molecule has 4 nitrogen and oxygen atoms in total. The number of aromatic nitrogens is 1. The monoisotopic (exact) mass is 312 g/mol. The summed E-state index contributed by atoms with van der Waals surface area (Å²) >= 11 is 6.04. The zero-order valence-corrected chi connectivity index (χ0v) is 12.6. The van der Waals surface area contributed by atoms with E-state index in [1.807, 2.05) is 37.3 Å². The number of hydrogen-bond acceptors (Lipinski definition) is 3. The molecular weight excluding hydrogens is 300 g/mol. The van der Waals surface area contributed by atoms with E-state index in [2.05, 4.69) is 10.5 Å². The summed E-state index contributed by atoms with van der Waals surface area (Å²) in [5.41, 5.74) is 2.55. The minimum absolute atomic E-state index is 0.221. The standard InChI is InChI=1S/C17H13ClN2O2/c1-11-13(18)8-5-9-14(11)19-17(21)15-10-16(22-20-15)12-6-3-2-4-7-12/h2-10H,1H3,(H,19,21). The van der Waals surface area contributed by atoms with Crippen molar-refractivity contribution in [2.75, 3.05) is 5.32 Å². The second-order valence-corrected chi connectivity index (χ2v) is 5.22. The molecule has 3 aromatic rings. The molecule has 22 heavy (non-hydrogen) atoms. The van der Waals surface area contributed by atoms with E-state index in [1.54, 1.807) is 24.3 Å². The minimum atomic E-state index is -0.337. The number of carbonyl (C=O) groups excluding carboxylic acids is 1. The molecule has 110 valence electrons. The Morgan fingerprint density at radius 2 is 1.91 bits per heavy atom. The molecule has 0 spiro atoms. The molecular formula is C17H13ClN2O2. The lowest BCUT2D eigenvalue weighted by Crippen LogP contribution is -2.13. The van der Waals surface area contributed by atoms with Gasteiger partial charge in [-0.15, -0.1) is 0 Å². The van der Waals surface area contributed by atoms with Gasteiger partial charge >= 0.3 is 0 Å². The van der Waals surface area contributed by atoms with E-state index in [4.69, 9.17) is 16.1 Å². The molecule has 0 atom stereocenters. The summed E-state index contributed by atoms with van der Waals surface area (Å²) in [5.74, 6) is 0.213. The van der Waals surface area contributed by atoms with E-state index in [1.165, 1.54) is 0 Å². The molecule has 0 aliphatic heterocycles. The van der Waals surface area contributed by atoms with Gasteiger partial charge in [0.2, 0.25) is 0 Å². The van der Waals surface area contributed by atoms with Crippen LogP contribution in [-0.2, 0) is 0 Å². The maximum atomic E-state index is 12.2. The quantitative estimate of drug-likeness (QED) is 0.771. The van der Waals surface area contributed by atoms with Crippen LogP contribution in [0, 0.1) is 6.92 Å². The summed E-state index contributed by atoms with van der Waals surface area (Å²) in [7, 11) is 0. The van der Waals surface area contributed by atoms with Crippen molar-refractivity contribution in [1.82, 2.24) is 5.16 Å². The number of nitrogens with one attached hydrogen (secondary N) is 1. The molecule has 1 amide bonds. The van der Waals surface area contributed by atoms with Crippen LogP contribution in [0.15, 0.2) is 59.1 Å². The van der Waals surface area contributed by atoms with Crippen LogP contribution in [-0.4, -0.2) is 11.1 Å². The fraction of sp³-hybridized carbons (Fsp3) is 0.0588. The first-order valence-corrected chi connectivity index (χ1v) is 7.11. The molecule has 0 aliphatic rings. The topological polar surface area (TPSA) is 55.1 Å². The number of halogens is 1. The second kappa shape index (κ2) is 6.03. The normalized spacial score (nSPS) is 10.5. The molecule has 5 heteroatoms. The summed E-state index contributed by atoms with van der Waals surface area (Å²) in [6, 6.07) is 16.4. The molecule has 0 unspecified atom stereocenters. The third-order valence-electron chi connectivity index (χ3n) is 3.32. The zero-order valence-electron chi connectivity index (χ0n) is 11.8. The van der Waals surface area contributed by atoms with Gasteiger partial charge in [-0.3, -0.25) is 4.79 Å². The predicted octanol–water partition coefficient (Wildman–Crippen LogP) is 4.56. The minimum Gasteiger partial charge on any atom is -0.355 e. The fourth-order valence-corrected chi connectivity index (χ4v) is 2.22. The van der Waals surface area contributed by atoms with Gasteiger partial charge in [0.25, 0.3) is 5.91 Å². The highest BCUT2D eigenvalue weighted by molar-refractivity contribution is 6.31. The van der Waals surface area contributed by atoms with Crippen LogP contribution in [0.3, 0.4) is 0 Å². The summed E-state index contributed by atoms with van der Waals surface area (Å²) in [6.45, 7) is 1.84. The Morgan fingerprint density at radius 3 is 2.68 bits per heavy atom. The first-order chi connectivity index (χ1) is 10.6. The predicted molar refractivity (Wildman–Crippen MR) is 86.1 cm³/mol. The summed E-state index contributed by atoms with van der Waals surface area (Å²) in [6.07, 6.45) is 0. The summed E-state index contributed by atoms with van der Waals surface area (Å²) < 4.78 is 5.23. The molecule has 1 N–H and O–H groups in total.